The maximum Gasteiger partial charge on any atom is 0.284 e. The summed E-state index contributed by atoms with van der Waals surface area (Å²) in [6.45, 7) is 0.899. The number of aliphatic imine (C=N–C) groups is 1. The SMILES string of the molecule is CN(C)C=Nc1ccc(NC(=O)/C(F)=C/C2CCCN2C)cc1C#N. The first-order valence-electron chi connectivity index (χ1n) is 8.04. The second-order valence-corrected chi connectivity index (χ2v) is 6.21. The molecule has 0 spiro atoms. The summed E-state index contributed by atoms with van der Waals surface area (Å²) in [4.78, 5) is 20.0. The number of likely N-dealkylation sites (tertiary alicyclic amines) is 1. The molecule has 132 valence electrons. The smallest absolute Gasteiger partial charge is 0.284 e. The molecule has 25 heavy (non-hydrogen) atoms. The lowest BCUT2D eigenvalue weighted by Crippen LogP contribution is -2.24. The summed E-state index contributed by atoms with van der Waals surface area (Å²) in [7, 11) is 5.55. The molecule has 1 N–H and O–H groups in total. The Morgan fingerprint density at radius 2 is 2.28 bits per heavy atom. The van der Waals surface area contributed by atoms with Gasteiger partial charge in [0.05, 0.1) is 17.6 Å². The van der Waals surface area contributed by atoms with E-state index in [1.165, 1.54) is 12.1 Å². The number of carbonyl (C=O) groups excluding carboxylic acids is 1. The Labute approximate surface area is 147 Å². The van der Waals surface area contributed by atoms with E-state index >= 15 is 0 Å². The third-order valence-electron chi connectivity index (χ3n) is 3.94. The number of anilines is 1. The number of nitriles is 1. The van der Waals surface area contributed by atoms with Crippen molar-refractivity contribution >= 4 is 23.6 Å². The average molecular weight is 343 g/mol. The van der Waals surface area contributed by atoms with E-state index in [1.807, 2.05) is 32.1 Å². The first kappa shape index (κ1) is 18.6. The van der Waals surface area contributed by atoms with E-state index in [4.69, 9.17) is 0 Å². The number of likely N-dealkylation sites (N-methyl/N-ethyl adjacent to an activating group) is 1. The van der Waals surface area contributed by atoms with Crippen LogP contribution < -0.4 is 5.32 Å². The summed E-state index contributed by atoms with van der Waals surface area (Å²) >= 11 is 0. The number of amides is 1. The minimum atomic E-state index is -0.813. The van der Waals surface area contributed by atoms with Gasteiger partial charge in [0.1, 0.15) is 6.07 Å². The fraction of sp³-hybridized carbons (Fsp3) is 0.389. The van der Waals surface area contributed by atoms with E-state index in [0.717, 1.165) is 19.4 Å². The molecule has 1 amide bonds. The van der Waals surface area contributed by atoms with Crippen LogP contribution in [0.3, 0.4) is 0 Å². The molecule has 6 nitrogen and oxygen atoms in total. The monoisotopic (exact) mass is 343 g/mol. The highest BCUT2D eigenvalue weighted by Crippen LogP contribution is 2.23. The number of rotatable bonds is 5. The predicted octanol–water partition coefficient (Wildman–Crippen LogP) is 2.67. The van der Waals surface area contributed by atoms with Crippen LogP contribution >= 0.6 is 0 Å². The van der Waals surface area contributed by atoms with Gasteiger partial charge >= 0.3 is 0 Å². The van der Waals surface area contributed by atoms with Gasteiger partial charge in [0.2, 0.25) is 0 Å². The van der Waals surface area contributed by atoms with Crippen molar-refractivity contribution in [1.29, 1.82) is 5.26 Å². The number of nitrogens with one attached hydrogen (secondary N) is 1. The van der Waals surface area contributed by atoms with Crippen LogP contribution in [0.1, 0.15) is 18.4 Å². The molecule has 0 saturated carbocycles. The van der Waals surface area contributed by atoms with Crippen molar-refractivity contribution in [3.63, 3.8) is 0 Å². The van der Waals surface area contributed by atoms with Crippen LogP contribution in [-0.2, 0) is 4.79 Å². The first-order valence-corrected chi connectivity index (χ1v) is 8.04. The normalized spacial score (nSPS) is 18.4. The van der Waals surface area contributed by atoms with Crippen molar-refractivity contribution in [3.8, 4) is 6.07 Å². The number of nitrogens with zero attached hydrogens (tertiary/aromatic N) is 4. The predicted molar refractivity (Wildman–Crippen MR) is 96.5 cm³/mol. The molecule has 1 heterocycles. The fourth-order valence-corrected chi connectivity index (χ4v) is 2.58. The van der Waals surface area contributed by atoms with Crippen molar-refractivity contribution in [2.75, 3.05) is 33.0 Å². The van der Waals surface area contributed by atoms with Gasteiger partial charge in [0, 0.05) is 25.8 Å². The summed E-state index contributed by atoms with van der Waals surface area (Å²) < 4.78 is 14.1. The van der Waals surface area contributed by atoms with Gasteiger partial charge in [-0.05, 0) is 50.7 Å². The third kappa shape index (κ3) is 5.13. The number of carbonyl (C=O) groups is 1. The van der Waals surface area contributed by atoms with E-state index in [9.17, 15) is 14.4 Å². The molecule has 0 radical (unpaired) electrons. The lowest BCUT2D eigenvalue weighted by molar-refractivity contribution is -0.114. The molecule has 1 unspecified atom stereocenters. The Morgan fingerprint density at radius 1 is 1.52 bits per heavy atom. The third-order valence-corrected chi connectivity index (χ3v) is 3.94. The highest BCUT2D eigenvalue weighted by molar-refractivity contribution is 6.02. The maximum atomic E-state index is 14.1. The molecule has 1 aromatic rings. The molecule has 2 rings (SSSR count). The zero-order chi connectivity index (χ0) is 18.4. The minimum absolute atomic E-state index is 0.0526. The van der Waals surface area contributed by atoms with Crippen LogP contribution in [-0.4, -0.2) is 55.8 Å². The molecule has 1 aromatic carbocycles. The van der Waals surface area contributed by atoms with E-state index in [1.54, 1.807) is 23.4 Å². The lowest BCUT2D eigenvalue weighted by Gasteiger charge is -2.15. The molecular formula is C18H22FN5O. The highest BCUT2D eigenvalue weighted by Gasteiger charge is 2.21. The summed E-state index contributed by atoms with van der Waals surface area (Å²) in [5.74, 6) is -1.62. The van der Waals surface area contributed by atoms with Crippen molar-refractivity contribution < 1.29 is 9.18 Å². The molecule has 1 saturated heterocycles. The van der Waals surface area contributed by atoms with Gasteiger partial charge in [-0.2, -0.15) is 5.26 Å². The number of halogens is 1. The number of hydrogen-bond donors (Lipinski definition) is 1. The highest BCUT2D eigenvalue weighted by atomic mass is 19.1. The quantitative estimate of drug-likeness (QED) is 0.507. The van der Waals surface area contributed by atoms with Crippen molar-refractivity contribution in [2.24, 2.45) is 4.99 Å². The lowest BCUT2D eigenvalue weighted by atomic mass is 10.1. The zero-order valence-electron chi connectivity index (χ0n) is 14.7. The Morgan fingerprint density at radius 3 is 2.88 bits per heavy atom. The second kappa shape index (κ2) is 8.40. The Hall–Kier alpha value is -2.72. The van der Waals surface area contributed by atoms with Crippen LogP contribution in [0.4, 0.5) is 15.8 Å². The van der Waals surface area contributed by atoms with E-state index in [0.29, 0.717) is 16.9 Å². The standard InChI is InChI=1S/C18H22FN5O/c1-23(2)12-21-17-7-6-14(9-13(17)11-20)22-18(25)16(19)10-15-5-4-8-24(15)3/h6-7,9-10,12,15H,4-5,8H2,1-3H3,(H,22,25)/b16-10-,21-12?. The molecule has 1 atom stereocenters. The van der Waals surface area contributed by atoms with Gasteiger partial charge < -0.3 is 10.2 Å². The first-order chi connectivity index (χ1) is 11.9. The van der Waals surface area contributed by atoms with Crippen LogP contribution in [0.5, 0.6) is 0 Å². The minimum Gasteiger partial charge on any atom is -0.369 e. The van der Waals surface area contributed by atoms with Crippen molar-refractivity contribution in [3.05, 3.63) is 35.7 Å². The van der Waals surface area contributed by atoms with Crippen LogP contribution in [0.2, 0.25) is 0 Å². The number of hydrogen-bond acceptors (Lipinski definition) is 4. The van der Waals surface area contributed by atoms with Crippen molar-refractivity contribution in [1.82, 2.24) is 9.80 Å². The van der Waals surface area contributed by atoms with E-state index in [2.05, 4.69) is 10.3 Å². The molecule has 1 aliphatic heterocycles. The van der Waals surface area contributed by atoms with E-state index in [-0.39, 0.29) is 6.04 Å². The molecule has 7 heteroatoms. The van der Waals surface area contributed by atoms with Gasteiger partial charge in [-0.15, -0.1) is 0 Å². The zero-order valence-corrected chi connectivity index (χ0v) is 14.7. The maximum absolute atomic E-state index is 14.1. The van der Waals surface area contributed by atoms with Crippen molar-refractivity contribution in [2.45, 2.75) is 18.9 Å². The van der Waals surface area contributed by atoms with Crippen LogP contribution in [0.15, 0.2) is 35.1 Å². The Bertz CT molecular complexity index is 735. The van der Waals surface area contributed by atoms with Gasteiger partial charge in [0.15, 0.2) is 5.83 Å². The van der Waals surface area contributed by atoms with E-state index < -0.39 is 11.7 Å². The van der Waals surface area contributed by atoms with Crippen LogP contribution in [0.25, 0.3) is 0 Å². The summed E-state index contributed by atoms with van der Waals surface area (Å²) in [5.41, 5.74) is 1.14. The number of benzene rings is 1. The van der Waals surface area contributed by atoms with Gasteiger partial charge in [-0.3, -0.25) is 9.69 Å². The summed E-state index contributed by atoms with van der Waals surface area (Å²) in [6, 6.07) is 6.66. The molecule has 1 aliphatic rings. The second-order valence-electron chi connectivity index (χ2n) is 6.21. The molecule has 0 aliphatic carbocycles. The summed E-state index contributed by atoms with van der Waals surface area (Å²) in [5, 5.41) is 11.7. The average Bonchev–Trinajstić information content (AvgIpc) is 2.98. The fourth-order valence-electron chi connectivity index (χ4n) is 2.58. The largest absolute Gasteiger partial charge is 0.369 e. The van der Waals surface area contributed by atoms with Gasteiger partial charge in [0.25, 0.3) is 5.91 Å². The van der Waals surface area contributed by atoms with Gasteiger partial charge in [-0.25, -0.2) is 9.38 Å². The Kier molecular flexibility index (Phi) is 6.25. The Balaban J connectivity index is 2.10. The molecule has 0 bridgehead atoms. The van der Waals surface area contributed by atoms with Crippen LogP contribution in [0, 0.1) is 11.3 Å². The molecule has 0 aromatic heterocycles. The van der Waals surface area contributed by atoms with Gasteiger partial charge in [-0.1, -0.05) is 0 Å². The molecule has 1 fully saturated rings. The topological polar surface area (TPSA) is 71.7 Å². The molecular weight excluding hydrogens is 321 g/mol. The summed E-state index contributed by atoms with van der Waals surface area (Å²) in [6.07, 6.45) is 4.76.